The van der Waals surface area contributed by atoms with Gasteiger partial charge in [0.2, 0.25) is 5.91 Å². The van der Waals surface area contributed by atoms with Gasteiger partial charge in [0.05, 0.1) is 0 Å². The Morgan fingerprint density at radius 3 is 2.56 bits per heavy atom. The van der Waals surface area contributed by atoms with Crippen LogP contribution in [0.4, 0.5) is 11.4 Å². The molecule has 1 amide bonds. The van der Waals surface area contributed by atoms with E-state index in [-0.39, 0.29) is 5.91 Å². The van der Waals surface area contributed by atoms with Crippen molar-refractivity contribution in [1.82, 2.24) is 4.72 Å². The fourth-order valence-corrected chi connectivity index (χ4v) is 1.67. The highest BCUT2D eigenvalue weighted by atomic mass is 32.2. The molecule has 4 N–H and O–H groups in total. The molecule has 0 saturated heterocycles. The van der Waals surface area contributed by atoms with E-state index < -0.39 is 11.3 Å². The van der Waals surface area contributed by atoms with Gasteiger partial charge in [0.15, 0.2) is 0 Å². The molecule has 0 heterocycles. The number of hydrogen-bond acceptors (Lipinski definition) is 4. The van der Waals surface area contributed by atoms with Crippen molar-refractivity contribution < 1.29 is 13.6 Å². The number of carbonyl (C=O) groups excluding carboxylic acids is 1. The van der Waals surface area contributed by atoms with Crippen LogP contribution in [0.5, 0.6) is 0 Å². The number of nitrogen functional groups attached to an aromatic ring is 1. The lowest BCUT2D eigenvalue weighted by Gasteiger charge is -2.07. The number of anilines is 2. The Hall–Kier alpha value is -1.44. The zero-order valence-electron chi connectivity index (χ0n) is 9.85. The molecule has 1 rings (SSSR count). The van der Waals surface area contributed by atoms with Gasteiger partial charge >= 0.3 is 0 Å². The van der Waals surface area contributed by atoms with E-state index in [1.165, 1.54) is 0 Å². The second-order valence-electron chi connectivity index (χ2n) is 3.76. The first-order valence-electron chi connectivity index (χ1n) is 5.56. The van der Waals surface area contributed by atoms with Crippen molar-refractivity contribution in [3.63, 3.8) is 0 Å². The SMILES string of the molecule is Nc1ccc(NC(=O)CCCCNS(=O)[O-])cc1. The second-order valence-corrected chi connectivity index (χ2v) is 4.51. The Balaban J connectivity index is 2.17. The summed E-state index contributed by atoms with van der Waals surface area (Å²) in [6.07, 6.45) is 1.62. The van der Waals surface area contributed by atoms with Crippen LogP contribution in [0.2, 0.25) is 0 Å². The van der Waals surface area contributed by atoms with E-state index in [1.54, 1.807) is 24.3 Å². The quantitative estimate of drug-likeness (QED) is 0.386. The van der Waals surface area contributed by atoms with Crippen molar-refractivity contribution in [3.05, 3.63) is 24.3 Å². The average Bonchev–Trinajstić information content (AvgIpc) is 2.31. The molecule has 7 heteroatoms. The molecule has 0 aliphatic heterocycles. The molecule has 0 spiro atoms. The first kappa shape index (κ1) is 14.6. The van der Waals surface area contributed by atoms with Crippen LogP contribution >= 0.6 is 0 Å². The predicted octanol–water partition coefficient (Wildman–Crippen LogP) is 0.761. The van der Waals surface area contributed by atoms with Crippen molar-refractivity contribution in [1.29, 1.82) is 0 Å². The van der Waals surface area contributed by atoms with Crippen molar-refractivity contribution >= 4 is 28.5 Å². The number of hydrogen-bond donors (Lipinski definition) is 3. The number of carbonyl (C=O) groups is 1. The smallest absolute Gasteiger partial charge is 0.224 e. The highest BCUT2D eigenvalue weighted by molar-refractivity contribution is 7.77. The van der Waals surface area contributed by atoms with Crippen LogP contribution in [-0.2, 0) is 16.1 Å². The molecule has 0 saturated carbocycles. The maximum Gasteiger partial charge on any atom is 0.224 e. The van der Waals surface area contributed by atoms with Crippen LogP contribution in [0.3, 0.4) is 0 Å². The summed E-state index contributed by atoms with van der Waals surface area (Å²) in [5.41, 5.74) is 6.87. The summed E-state index contributed by atoms with van der Waals surface area (Å²) in [5.74, 6) is -0.0944. The number of amides is 1. The molecular formula is C11H16N3O3S-. The highest BCUT2D eigenvalue weighted by Crippen LogP contribution is 2.11. The van der Waals surface area contributed by atoms with E-state index in [2.05, 4.69) is 10.0 Å². The standard InChI is InChI=1S/C11H17N3O3S/c12-9-4-6-10(7-5-9)14-11(15)3-1-2-8-13-18(16)17/h4-7,13H,1-3,8,12H2,(H,14,15)(H,16,17)/p-1. The third-order valence-electron chi connectivity index (χ3n) is 2.24. The minimum atomic E-state index is -2.23. The first-order valence-corrected chi connectivity index (χ1v) is 6.63. The molecule has 1 unspecified atom stereocenters. The van der Waals surface area contributed by atoms with Crippen LogP contribution in [0.15, 0.2) is 24.3 Å². The third-order valence-corrected chi connectivity index (χ3v) is 2.68. The number of nitrogens with one attached hydrogen (secondary N) is 2. The molecule has 1 aromatic carbocycles. The Kier molecular flexibility index (Phi) is 6.34. The normalized spacial score (nSPS) is 12.1. The highest BCUT2D eigenvalue weighted by Gasteiger charge is 2.01. The van der Waals surface area contributed by atoms with E-state index in [1.807, 2.05) is 0 Å². The Bertz CT molecular complexity index is 408. The molecule has 0 aromatic heterocycles. The van der Waals surface area contributed by atoms with Gasteiger partial charge in [-0.1, -0.05) is 0 Å². The summed E-state index contributed by atoms with van der Waals surface area (Å²) in [6, 6.07) is 6.89. The maximum atomic E-state index is 11.5. The van der Waals surface area contributed by atoms with Gasteiger partial charge < -0.3 is 15.6 Å². The lowest BCUT2D eigenvalue weighted by atomic mass is 10.2. The molecule has 1 atom stereocenters. The molecule has 18 heavy (non-hydrogen) atoms. The minimum absolute atomic E-state index is 0.0944. The Morgan fingerprint density at radius 2 is 1.94 bits per heavy atom. The fraction of sp³-hybridized carbons (Fsp3) is 0.364. The molecule has 0 aliphatic carbocycles. The van der Waals surface area contributed by atoms with Crippen LogP contribution in [0, 0.1) is 0 Å². The molecule has 100 valence electrons. The van der Waals surface area contributed by atoms with Crippen LogP contribution in [0.25, 0.3) is 0 Å². The topological polar surface area (TPSA) is 107 Å². The summed E-state index contributed by atoms with van der Waals surface area (Å²) in [5, 5.41) is 2.73. The number of nitrogens with two attached hydrogens (primary N) is 1. The summed E-state index contributed by atoms with van der Waals surface area (Å²) in [6.45, 7) is 0.352. The van der Waals surface area contributed by atoms with E-state index in [0.29, 0.717) is 37.2 Å². The summed E-state index contributed by atoms with van der Waals surface area (Å²) in [4.78, 5) is 11.5. The molecule has 6 nitrogen and oxygen atoms in total. The summed E-state index contributed by atoms with van der Waals surface area (Å²) in [7, 11) is 0. The lowest BCUT2D eigenvalue weighted by Crippen LogP contribution is -2.18. The zero-order valence-corrected chi connectivity index (χ0v) is 10.7. The van der Waals surface area contributed by atoms with Crippen LogP contribution in [-0.4, -0.2) is 21.2 Å². The lowest BCUT2D eigenvalue weighted by molar-refractivity contribution is -0.116. The van der Waals surface area contributed by atoms with Crippen molar-refractivity contribution in [2.24, 2.45) is 0 Å². The van der Waals surface area contributed by atoms with E-state index in [9.17, 15) is 13.6 Å². The van der Waals surface area contributed by atoms with Gasteiger partial charge in [0.25, 0.3) is 0 Å². The average molecular weight is 270 g/mol. The number of unbranched alkanes of at least 4 members (excludes halogenated alkanes) is 1. The van der Waals surface area contributed by atoms with Crippen molar-refractivity contribution in [3.8, 4) is 0 Å². The number of benzene rings is 1. The minimum Gasteiger partial charge on any atom is -0.760 e. The predicted molar refractivity (Wildman–Crippen MR) is 70.3 cm³/mol. The first-order chi connectivity index (χ1) is 8.58. The van der Waals surface area contributed by atoms with E-state index in [0.717, 1.165) is 0 Å². The fourth-order valence-electron chi connectivity index (χ4n) is 1.36. The largest absolute Gasteiger partial charge is 0.760 e. The Labute approximate surface area is 108 Å². The Morgan fingerprint density at radius 1 is 1.28 bits per heavy atom. The monoisotopic (exact) mass is 270 g/mol. The maximum absolute atomic E-state index is 11.5. The van der Waals surface area contributed by atoms with Crippen LogP contribution < -0.4 is 15.8 Å². The van der Waals surface area contributed by atoms with Gasteiger partial charge in [-0.05, 0) is 37.1 Å². The zero-order chi connectivity index (χ0) is 13.4. The molecule has 1 aromatic rings. The van der Waals surface area contributed by atoms with E-state index in [4.69, 9.17) is 5.73 Å². The van der Waals surface area contributed by atoms with Crippen molar-refractivity contribution in [2.45, 2.75) is 19.3 Å². The summed E-state index contributed by atoms with van der Waals surface area (Å²) < 4.78 is 22.6. The van der Waals surface area contributed by atoms with Gasteiger partial charge in [-0.25, -0.2) is 4.72 Å². The summed E-state index contributed by atoms with van der Waals surface area (Å²) >= 11 is -2.23. The third kappa shape index (κ3) is 6.33. The molecule has 0 aliphatic rings. The van der Waals surface area contributed by atoms with Gasteiger partial charge in [0, 0.05) is 35.6 Å². The second kappa shape index (κ2) is 7.80. The van der Waals surface area contributed by atoms with Gasteiger partial charge in [0.1, 0.15) is 0 Å². The molecule has 0 radical (unpaired) electrons. The van der Waals surface area contributed by atoms with Gasteiger partial charge in [-0.15, -0.1) is 0 Å². The van der Waals surface area contributed by atoms with Crippen LogP contribution in [0.1, 0.15) is 19.3 Å². The number of rotatable bonds is 7. The molecule has 0 bridgehead atoms. The van der Waals surface area contributed by atoms with Gasteiger partial charge in [-0.3, -0.25) is 9.00 Å². The van der Waals surface area contributed by atoms with Crippen molar-refractivity contribution in [2.75, 3.05) is 17.6 Å². The van der Waals surface area contributed by atoms with E-state index >= 15 is 0 Å². The molecule has 0 fully saturated rings. The molecular weight excluding hydrogens is 254 g/mol. The van der Waals surface area contributed by atoms with Gasteiger partial charge in [-0.2, -0.15) is 0 Å².